The van der Waals surface area contributed by atoms with Crippen LogP contribution in [0.15, 0.2) is 24.3 Å². The zero-order valence-corrected chi connectivity index (χ0v) is 12.3. The van der Waals surface area contributed by atoms with Crippen molar-refractivity contribution < 1.29 is 4.74 Å². The van der Waals surface area contributed by atoms with E-state index in [0.29, 0.717) is 17.9 Å². The maximum Gasteiger partial charge on any atom is 0.0636 e. The zero-order chi connectivity index (χ0) is 13.1. The maximum atomic E-state index is 6.56. The molecule has 1 aromatic carbocycles. The molecular weight excluding hydrogens is 244 g/mol. The van der Waals surface area contributed by atoms with Crippen molar-refractivity contribution in [3.8, 4) is 0 Å². The Kier molecular flexibility index (Phi) is 4.69. The first-order valence-corrected chi connectivity index (χ1v) is 7.41. The summed E-state index contributed by atoms with van der Waals surface area (Å²) in [6.45, 7) is 7.40. The molecular formula is C16H23ClO. The van der Waals surface area contributed by atoms with Gasteiger partial charge < -0.3 is 4.74 Å². The van der Waals surface area contributed by atoms with E-state index in [9.17, 15) is 0 Å². The maximum absolute atomic E-state index is 6.56. The fourth-order valence-corrected chi connectivity index (χ4v) is 2.89. The number of halogens is 1. The van der Waals surface area contributed by atoms with E-state index >= 15 is 0 Å². The van der Waals surface area contributed by atoms with Crippen LogP contribution in [0.4, 0.5) is 0 Å². The van der Waals surface area contributed by atoms with Crippen LogP contribution >= 0.6 is 11.6 Å². The number of benzene rings is 1. The van der Waals surface area contributed by atoms with Gasteiger partial charge in [-0.05, 0) is 36.8 Å². The topological polar surface area (TPSA) is 9.23 Å². The Morgan fingerprint density at radius 2 is 1.89 bits per heavy atom. The van der Waals surface area contributed by atoms with Gasteiger partial charge in [0.15, 0.2) is 0 Å². The molecule has 0 spiro atoms. The van der Waals surface area contributed by atoms with Crippen molar-refractivity contribution in [3.05, 3.63) is 35.4 Å². The minimum Gasteiger partial charge on any atom is -0.378 e. The van der Waals surface area contributed by atoms with Gasteiger partial charge in [0.1, 0.15) is 0 Å². The van der Waals surface area contributed by atoms with E-state index in [1.54, 1.807) is 0 Å². The highest BCUT2D eigenvalue weighted by atomic mass is 35.5. The van der Waals surface area contributed by atoms with Crippen LogP contribution in [0.25, 0.3) is 0 Å². The molecule has 1 heterocycles. The monoisotopic (exact) mass is 266 g/mol. The van der Waals surface area contributed by atoms with Crippen molar-refractivity contribution in [2.24, 2.45) is 5.92 Å². The molecule has 0 radical (unpaired) electrons. The fraction of sp³-hybridized carbons (Fsp3) is 0.625. The van der Waals surface area contributed by atoms with Gasteiger partial charge in [-0.25, -0.2) is 0 Å². The SMILES string of the molecule is CCC(C)c1ccc(C(Cl)C2COC(C)C2)cc1. The van der Waals surface area contributed by atoms with Crippen LogP contribution in [0, 0.1) is 5.92 Å². The highest BCUT2D eigenvalue weighted by Gasteiger charge is 2.29. The molecule has 0 amide bonds. The second kappa shape index (κ2) is 6.08. The third kappa shape index (κ3) is 3.07. The molecule has 2 rings (SSSR count). The summed E-state index contributed by atoms with van der Waals surface area (Å²) in [6.07, 6.45) is 2.61. The lowest BCUT2D eigenvalue weighted by Crippen LogP contribution is -2.08. The second-order valence-corrected chi connectivity index (χ2v) is 5.99. The van der Waals surface area contributed by atoms with E-state index in [2.05, 4.69) is 45.0 Å². The predicted octanol–water partition coefficient (Wildman–Crippen LogP) is 4.91. The van der Waals surface area contributed by atoms with Crippen LogP contribution < -0.4 is 0 Å². The molecule has 2 heteroatoms. The van der Waals surface area contributed by atoms with Gasteiger partial charge in [-0.3, -0.25) is 0 Å². The standard InChI is InChI=1S/C16H23ClO/c1-4-11(2)13-5-7-14(8-6-13)16(17)15-9-12(3)18-10-15/h5-8,11-12,15-16H,4,9-10H2,1-3H3. The molecule has 1 fully saturated rings. The zero-order valence-electron chi connectivity index (χ0n) is 11.5. The first-order valence-electron chi connectivity index (χ1n) is 6.97. The molecule has 0 saturated carbocycles. The Morgan fingerprint density at radius 1 is 1.28 bits per heavy atom. The van der Waals surface area contributed by atoms with Crippen LogP contribution in [-0.2, 0) is 4.74 Å². The fourth-order valence-electron chi connectivity index (χ4n) is 2.57. The molecule has 1 nitrogen and oxygen atoms in total. The van der Waals surface area contributed by atoms with Crippen LogP contribution in [0.5, 0.6) is 0 Å². The lowest BCUT2D eigenvalue weighted by Gasteiger charge is -2.17. The molecule has 18 heavy (non-hydrogen) atoms. The number of hydrogen-bond donors (Lipinski definition) is 0. The predicted molar refractivity (Wildman–Crippen MR) is 77.3 cm³/mol. The smallest absolute Gasteiger partial charge is 0.0636 e. The van der Waals surface area contributed by atoms with Crippen molar-refractivity contribution in [2.75, 3.05) is 6.61 Å². The van der Waals surface area contributed by atoms with E-state index in [1.807, 2.05) is 0 Å². The average molecular weight is 267 g/mol. The van der Waals surface area contributed by atoms with Crippen LogP contribution in [0.1, 0.15) is 56.0 Å². The third-order valence-electron chi connectivity index (χ3n) is 4.08. The summed E-state index contributed by atoms with van der Waals surface area (Å²) in [5.41, 5.74) is 2.63. The molecule has 1 saturated heterocycles. The lowest BCUT2D eigenvalue weighted by molar-refractivity contribution is 0.120. The number of rotatable bonds is 4. The molecule has 0 N–H and O–H groups in total. The first-order chi connectivity index (χ1) is 8.61. The third-order valence-corrected chi connectivity index (χ3v) is 4.69. The molecule has 0 aliphatic carbocycles. The summed E-state index contributed by atoms with van der Waals surface area (Å²) in [5, 5.41) is 0.0842. The van der Waals surface area contributed by atoms with E-state index in [4.69, 9.17) is 16.3 Å². The summed E-state index contributed by atoms with van der Waals surface area (Å²) >= 11 is 6.56. The van der Waals surface area contributed by atoms with Crippen molar-refractivity contribution in [1.82, 2.24) is 0 Å². The second-order valence-electron chi connectivity index (χ2n) is 5.52. The highest BCUT2D eigenvalue weighted by molar-refractivity contribution is 6.21. The molecule has 0 bridgehead atoms. The Balaban J connectivity index is 2.05. The van der Waals surface area contributed by atoms with Crippen LogP contribution in [0.2, 0.25) is 0 Å². The van der Waals surface area contributed by atoms with Gasteiger partial charge in [-0.1, -0.05) is 38.1 Å². The number of ether oxygens (including phenoxy) is 1. The largest absolute Gasteiger partial charge is 0.378 e. The van der Waals surface area contributed by atoms with Crippen molar-refractivity contribution in [2.45, 2.75) is 51.0 Å². The quantitative estimate of drug-likeness (QED) is 0.704. The van der Waals surface area contributed by atoms with E-state index in [0.717, 1.165) is 13.0 Å². The lowest BCUT2D eigenvalue weighted by atomic mass is 9.93. The molecule has 1 aromatic rings. The number of alkyl halides is 1. The highest BCUT2D eigenvalue weighted by Crippen LogP contribution is 2.36. The summed E-state index contributed by atoms with van der Waals surface area (Å²) < 4.78 is 5.60. The van der Waals surface area contributed by atoms with Gasteiger partial charge in [0.25, 0.3) is 0 Å². The van der Waals surface area contributed by atoms with Crippen molar-refractivity contribution in [3.63, 3.8) is 0 Å². The van der Waals surface area contributed by atoms with Gasteiger partial charge in [0, 0.05) is 5.92 Å². The van der Waals surface area contributed by atoms with Crippen LogP contribution in [-0.4, -0.2) is 12.7 Å². The molecule has 0 aromatic heterocycles. The normalized spacial score (nSPS) is 27.1. The summed E-state index contributed by atoms with van der Waals surface area (Å²) in [5.74, 6) is 1.08. The van der Waals surface area contributed by atoms with Crippen molar-refractivity contribution >= 4 is 11.6 Å². The Hall–Kier alpha value is -0.530. The summed E-state index contributed by atoms with van der Waals surface area (Å²) in [4.78, 5) is 0. The van der Waals surface area contributed by atoms with E-state index < -0.39 is 0 Å². The minimum atomic E-state index is 0.0842. The molecule has 1 aliphatic rings. The minimum absolute atomic E-state index is 0.0842. The van der Waals surface area contributed by atoms with E-state index in [1.165, 1.54) is 17.5 Å². The molecule has 100 valence electrons. The Bertz CT molecular complexity index is 373. The average Bonchev–Trinajstić information content (AvgIpc) is 2.84. The first kappa shape index (κ1) is 13.9. The summed E-state index contributed by atoms with van der Waals surface area (Å²) in [7, 11) is 0. The number of hydrogen-bond acceptors (Lipinski definition) is 1. The van der Waals surface area contributed by atoms with Gasteiger partial charge in [0.2, 0.25) is 0 Å². The van der Waals surface area contributed by atoms with Gasteiger partial charge in [-0.2, -0.15) is 0 Å². The van der Waals surface area contributed by atoms with Gasteiger partial charge in [0.05, 0.1) is 18.1 Å². The Labute approximate surface area is 115 Å². The molecule has 1 aliphatic heterocycles. The van der Waals surface area contributed by atoms with E-state index in [-0.39, 0.29) is 5.38 Å². The van der Waals surface area contributed by atoms with Crippen molar-refractivity contribution in [1.29, 1.82) is 0 Å². The Morgan fingerprint density at radius 3 is 2.39 bits per heavy atom. The van der Waals surface area contributed by atoms with Gasteiger partial charge in [-0.15, -0.1) is 11.6 Å². The molecule has 4 atom stereocenters. The molecule has 4 unspecified atom stereocenters. The van der Waals surface area contributed by atoms with Gasteiger partial charge >= 0.3 is 0 Å². The van der Waals surface area contributed by atoms with Crippen LogP contribution in [0.3, 0.4) is 0 Å². The summed E-state index contributed by atoms with van der Waals surface area (Å²) in [6, 6.07) is 8.81.